The molecule has 2 fully saturated rings. The number of ether oxygens (including phenoxy) is 3. The van der Waals surface area contributed by atoms with Crippen molar-refractivity contribution in [3.63, 3.8) is 0 Å². The molecule has 2 heterocycles. The Labute approximate surface area is 216 Å². The molecule has 1 aromatic rings. The van der Waals surface area contributed by atoms with Crippen LogP contribution in [0, 0.1) is 5.92 Å². The summed E-state index contributed by atoms with van der Waals surface area (Å²) in [6, 6.07) is 4.08. The summed E-state index contributed by atoms with van der Waals surface area (Å²) < 4.78 is 16.4. The molecule has 0 aromatic heterocycles. The molecule has 0 amide bonds. The van der Waals surface area contributed by atoms with Crippen LogP contribution in [-0.2, 0) is 6.54 Å². The molecule has 33 heavy (non-hydrogen) atoms. The van der Waals surface area contributed by atoms with Gasteiger partial charge in [-0.15, -0.1) is 24.0 Å². The number of aliphatic imine (C=N–C) groups is 1. The van der Waals surface area contributed by atoms with Crippen LogP contribution in [0.3, 0.4) is 0 Å². The molecule has 2 aliphatic rings. The summed E-state index contributed by atoms with van der Waals surface area (Å²) in [5.41, 5.74) is 1.16. The third kappa shape index (κ3) is 7.78. The third-order valence-electron chi connectivity index (χ3n) is 6.39. The Kier molecular flexibility index (Phi) is 11.8. The number of guanidine groups is 1. The lowest BCUT2D eigenvalue weighted by Gasteiger charge is -2.37. The van der Waals surface area contributed by atoms with Gasteiger partial charge in [-0.2, -0.15) is 0 Å². The number of likely N-dealkylation sites (tertiary alicyclic amines) is 1. The number of rotatable bonds is 9. The number of hydrogen-bond acceptors (Lipinski definition) is 6. The maximum absolute atomic E-state index is 5.50. The molecule has 8 nitrogen and oxygen atoms in total. The Morgan fingerprint density at radius 2 is 1.55 bits per heavy atom. The average molecular weight is 576 g/mol. The van der Waals surface area contributed by atoms with Crippen LogP contribution in [0.1, 0.15) is 25.3 Å². The molecule has 0 saturated carbocycles. The van der Waals surface area contributed by atoms with E-state index in [0.717, 1.165) is 50.8 Å². The Hall–Kier alpha value is -1.46. The van der Waals surface area contributed by atoms with Gasteiger partial charge in [0.05, 0.1) is 21.3 Å². The zero-order valence-corrected chi connectivity index (χ0v) is 23.3. The van der Waals surface area contributed by atoms with Crippen LogP contribution in [-0.4, -0.2) is 101 Å². The van der Waals surface area contributed by atoms with Crippen molar-refractivity contribution >= 4 is 29.9 Å². The molecule has 188 valence electrons. The van der Waals surface area contributed by atoms with E-state index < -0.39 is 0 Å². The van der Waals surface area contributed by atoms with Gasteiger partial charge in [0.25, 0.3) is 0 Å². The fourth-order valence-electron chi connectivity index (χ4n) is 4.67. The predicted octanol–water partition coefficient (Wildman–Crippen LogP) is 2.76. The molecule has 1 aromatic carbocycles. The number of benzene rings is 1. The van der Waals surface area contributed by atoms with Gasteiger partial charge >= 0.3 is 0 Å². The molecule has 2 saturated heterocycles. The van der Waals surface area contributed by atoms with E-state index in [4.69, 9.17) is 14.2 Å². The van der Waals surface area contributed by atoms with Crippen molar-refractivity contribution in [1.29, 1.82) is 0 Å². The topological polar surface area (TPSA) is 61.8 Å². The molecule has 0 spiro atoms. The summed E-state index contributed by atoms with van der Waals surface area (Å²) in [6.45, 7) is 11.7. The van der Waals surface area contributed by atoms with Crippen molar-refractivity contribution in [3.05, 3.63) is 17.7 Å². The Morgan fingerprint density at radius 1 is 0.939 bits per heavy atom. The quantitative estimate of drug-likeness (QED) is 0.276. The normalized spacial score (nSPS) is 18.6. The Bertz CT molecular complexity index is 725. The van der Waals surface area contributed by atoms with E-state index in [1.165, 1.54) is 32.5 Å². The van der Waals surface area contributed by atoms with Crippen molar-refractivity contribution in [2.75, 3.05) is 80.7 Å². The first-order valence-corrected chi connectivity index (χ1v) is 11.8. The van der Waals surface area contributed by atoms with Crippen LogP contribution in [0.2, 0.25) is 0 Å². The van der Waals surface area contributed by atoms with E-state index in [1.807, 2.05) is 19.2 Å². The highest BCUT2D eigenvalue weighted by atomic mass is 127. The van der Waals surface area contributed by atoms with Crippen molar-refractivity contribution < 1.29 is 14.2 Å². The standard InChI is InChI=1S/C24H41N5O3.HI/c1-19(17-27-8-6-7-9-27)16-26-24(25-2)29-12-10-28(11-13-29)18-20-14-21(30-3)23(32-5)22(15-20)31-4;/h14-15,19H,6-13,16-18H2,1-5H3,(H,25,26);1H. The second-order valence-corrected chi connectivity index (χ2v) is 8.84. The second-order valence-electron chi connectivity index (χ2n) is 8.84. The monoisotopic (exact) mass is 575 g/mol. The van der Waals surface area contributed by atoms with Gasteiger partial charge < -0.3 is 29.3 Å². The summed E-state index contributed by atoms with van der Waals surface area (Å²) in [6.07, 6.45) is 2.70. The maximum Gasteiger partial charge on any atom is 0.203 e. The molecular formula is C24H42IN5O3. The Morgan fingerprint density at radius 3 is 2.06 bits per heavy atom. The van der Waals surface area contributed by atoms with Crippen molar-refractivity contribution in [3.8, 4) is 17.2 Å². The smallest absolute Gasteiger partial charge is 0.203 e. The lowest BCUT2D eigenvalue weighted by atomic mass is 10.1. The van der Waals surface area contributed by atoms with Gasteiger partial charge in [-0.3, -0.25) is 9.89 Å². The largest absolute Gasteiger partial charge is 0.493 e. The fourth-order valence-corrected chi connectivity index (χ4v) is 4.67. The van der Waals surface area contributed by atoms with E-state index >= 15 is 0 Å². The van der Waals surface area contributed by atoms with E-state index in [-0.39, 0.29) is 24.0 Å². The van der Waals surface area contributed by atoms with Crippen LogP contribution in [0.5, 0.6) is 17.2 Å². The first-order valence-electron chi connectivity index (χ1n) is 11.8. The van der Waals surface area contributed by atoms with Gasteiger partial charge in [0, 0.05) is 52.9 Å². The number of piperazine rings is 1. The molecule has 2 aliphatic heterocycles. The highest BCUT2D eigenvalue weighted by Crippen LogP contribution is 2.38. The number of halogens is 1. The van der Waals surface area contributed by atoms with Gasteiger partial charge in [-0.25, -0.2) is 0 Å². The molecule has 9 heteroatoms. The molecule has 0 bridgehead atoms. The van der Waals surface area contributed by atoms with Crippen LogP contribution < -0.4 is 19.5 Å². The van der Waals surface area contributed by atoms with Gasteiger partial charge in [-0.05, 0) is 49.5 Å². The van der Waals surface area contributed by atoms with E-state index in [0.29, 0.717) is 23.2 Å². The van der Waals surface area contributed by atoms with Gasteiger partial charge in [0.15, 0.2) is 17.5 Å². The van der Waals surface area contributed by atoms with Crippen molar-refractivity contribution in [2.45, 2.75) is 26.3 Å². The summed E-state index contributed by atoms with van der Waals surface area (Å²) in [5, 5.41) is 3.60. The molecular weight excluding hydrogens is 533 g/mol. The number of nitrogens with zero attached hydrogens (tertiary/aromatic N) is 4. The number of nitrogens with one attached hydrogen (secondary N) is 1. The summed E-state index contributed by atoms with van der Waals surface area (Å²) >= 11 is 0. The molecule has 0 radical (unpaired) electrons. The number of methoxy groups -OCH3 is 3. The first kappa shape index (κ1) is 27.8. The molecule has 1 atom stereocenters. The highest BCUT2D eigenvalue weighted by molar-refractivity contribution is 14.0. The summed E-state index contributed by atoms with van der Waals surface area (Å²) in [7, 11) is 6.83. The van der Waals surface area contributed by atoms with E-state index in [1.54, 1.807) is 21.3 Å². The minimum Gasteiger partial charge on any atom is -0.493 e. The maximum atomic E-state index is 5.50. The molecule has 1 N–H and O–H groups in total. The fraction of sp³-hybridized carbons (Fsp3) is 0.708. The minimum atomic E-state index is 0. The predicted molar refractivity (Wildman–Crippen MR) is 145 cm³/mol. The van der Waals surface area contributed by atoms with Crippen LogP contribution >= 0.6 is 24.0 Å². The third-order valence-corrected chi connectivity index (χ3v) is 6.39. The van der Waals surface area contributed by atoms with Gasteiger partial charge in [0.1, 0.15) is 0 Å². The van der Waals surface area contributed by atoms with Crippen LogP contribution in [0.15, 0.2) is 17.1 Å². The average Bonchev–Trinajstić information content (AvgIpc) is 3.32. The minimum absolute atomic E-state index is 0. The molecule has 0 aliphatic carbocycles. The summed E-state index contributed by atoms with van der Waals surface area (Å²) in [4.78, 5) is 11.9. The van der Waals surface area contributed by atoms with E-state index in [2.05, 4.69) is 31.9 Å². The molecule has 3 rings (SSSR count). The van der Waals surface area contributed by atoms with Gasteiger partial charge in [-0.1, -0.05) is 6.92 Å². The zero-order chi connectivity index (χ0) is 22.9. The van der Waals surface area contributed by atoms with Crippen molar-refractivity contribution in [2.24, 2.45) is 10.9 Å². The van der Waals surface area contributed by atoms with Gasteiger partial charge in [0.2, 0.25) is 5.75 Å². The SMILES string of the molecule is CN=C(NCC(C)CN1CCCC1)N1CCN(Cc2cc(OC)c(OC)c(OC)c2)CC1.I. The highest BCUT2D eigenvalue weighted by Gasteiger charge is 2.22. The first-order chi connectivity index (χ1) is 15.6. The molecule has 1 unspecified atom stereocenters. The van der Waals surface area contributed by atoms with Crippen LogP contribution in [0.25, 0.3) is 0 Å². The van der Waals surface area contributed by atoms with Crippen molar-refractivity contribution in [1.82, 2.24) is 20.0 Å². The second kappa shape index (κ2) is 14.1. The van der Waals surface area contributed by atoms with E-state index in [9.17, 15) is 0 Å². The van der Waals surface area contributed by atoms with Crippen LogP contribution in [0.4, 0.5) is 0 Å². The Balaban J connectivity index is 0.00000385. The summed E-state index contributed by atoms with van der Waals surface area (Å²) in [5.74, 6) is 3.68. The zero-order valence-electron chi connectivity index (χ0n) is 20.9. The number of hydrogen-bond donors (Lipinski definition) is 1. The lowest BCUT2D eigenvalue weighted by Crippen LogP contribution is -2.52. The lowest BCUT2D eigenvalue weighted by molar-refractivity contribution is 0.171.